The van der Waals surface area contributed by atoms with Crippen LogP contribution >= 0.6 is 0 Å². The second-order valence-electron chi connectivity index (χ2n) is 4.84. The molecule has 0 saturated heterocycles. The van der Waals surface area contributed by atoms with Crippen molar-refractivity contribution in [2.45, 2.75) is 32.9 Å². The quantitative estimate of drug-likeness (QED) is 0.743. The second kappa shape index (κ2) is 7.90. The van der Waals surface area contributed by atoms with E-state index < -0.39 is 18.0 Å². The Balaban J connectivity index is 2.52. The molecule has 6 heteroatoms. The van der Waals surface area contributed by atoms with Crippen LogP contribution < -0.4 is 10.6 Å². The number of amides is 2. The summed E-state index contributed by atoms with van der Waals surface area (Å²) >= 11 is 0. The highest BCUT2D eigenvalue weighted by atomic mass is 16.4. The van der Waals surface area contributed by atoms with Crippen LogP contribution in [0.3, 0.4) is 0 Å². The predicted molar refractivity (Wildman–Crippen MR) is 77.4 cm³/mol. The molecule has 1 aromatic carbocycles. The molecule has 0 aliphatic heterocycles. The smallest absolute Gasteiger partial charge is 0.326 e. The molecule has 0 spiro atoms. The van der Waals surface area contributed by atoms with Gasteiger partial charge in [0.05, 0.1) is 11.6 Å². The molecule has 2 amide bonds. The van der Waals surface area contributed by atoms with Crippen molar-refractivity contribution in [2.75, 3.05) is 0 Å². The Kier molecular flexibility index (Phi) is 6.21. The first-order valence-electron chi connectivity index (χ1n) is 6.74. The lowest BCUT2D eigenvalue weighted by Crippen LogP contribution is -2.48. The summed E-state index contributed by atoms with van der Waals surface area (Å²) in [7, 11) is 0. The number of carboxylic acid groups (broad SMARTS) is 1. The van der Waals surface area contributed by atoms with Gasteiger partial charge in [-0.3, -0.25) is 0 Å². The molecule has 0 aliphatic carbocycles. The van der Waals surface area contributed by atoms with Crippen molar-refractivity contribution in [1.29, 1.82) is 5.26 Å². The van der Waals surface area contributed by atoms with Crippen molar-refractivity contribution < 1.29 is 14.7 Å². The molecule has 21 heavy (non-hydrogen) atoms. The Labute approximate surface area is 123 Å². The van der Waals surface area contributed by atoms with Crippen molar-refractivity contribution in [3.8, 4) is 6.07 Å². The summed E-state index contributed by atoms with van der Waals surface area (Å²) in [5, 5.41) is 22.8. The lowest BCUT2D eigenvalue weighted by Gasteiger charge is -2.20. The zero-order valence-corrected chi connectivity index (χ0v) is 12.1. The molecule has 1 rings (SSSR count). The summed E-state index contributed by atoms with van der Waals surface area (Å²) in [6, 6.07) is 7.38. The van der Waals surface area contributed by atoms with Gasteiger partial charge in [0.1, 0.15) is 6.04 Å². The number of urea groups is 1. The van der Waals surface area contributed by atoms with Gasteiger partial charge in [0.2, 0.25) is 0 Å². The van der Waals surface area contributed by atoms with Crippen LogP contribution in [0.5, 0.6) is 0 Å². The van der Waals surface area contributed by atoms with Crippen molar-refractivity contribution in [2.24, 2.45) is 5.92 Å². The molecule has 6 nitrogen and oxygen atoms in total. The molecule has 0 bridgehead atoms. The van der Waals surface area contributed by atoms with Gasteiger partial charge in [-0.05, 0) is 23.6 Å². The molecule has 2 atom stereocenters. The van der Waals surface area contributed by atoms with Crippen LogP contribution in [0.15, 0.2) is 24.3 Å². The van der Waals surface area contributed by atoms with Gasteiger partial charge in [0, 0.05) is 6.54 Å². The molecule has 0 aliphatic rings. The van der Waals surface area contributed by atoms with Crippen molar-refractivity contribution >= 4 is 12.0 Å². The van der Waals surface area contributed by atoms with Gasteiger partial charge in [-0.15, -0.1) is 0 Å². The summed E-state index contributed by atoms with van der Waals surface area (Å²) in [5.74, 6) is -1.19. The average molecular weight is 289 g/mol. The summed E-state index contributed by atoms with van der Waals surface area (Å²) in [6.07, 6.45) is 0.660. The number of nitrogens with zero attached hydrogens (tertiary/aromatic N) is 1. The third kappa shape index (κ3) is 5.15. The minimum absolute atomic E-state index is 0.150. The highest BCUT2D eigenvalue weighted by molar-refractivity contribution is 5.82. The maximum absolute atomic E-state index is 11.7. The zero-order chi connectivity index (χ0) is 15.8. The number of carboxylic acids is 1. The van der Waals surface area contributed by atoms with Crippen molar-refractivity contribution in [3.05, 3.63) is 35.4 Å². The number of benzene rings is 1. The molecule has 0 heterocycles. The average Bonchev–Trinajstić information content (AvgIpc) is 2.50. The first-order valence-corrected chi connectivity index (χ1v) is 6.74. The van der Waals surface area contributed by atoms with Crippen LogP contribution in [0.4, 0.5) is 4.79 Å². The lowest BCUT2D eigenvalue weighted by molar-refractivity contribution is -0.140. The first kappa shape index (κ1) is 16.5. The predicted octanol–water partition coefficient (Wildman–Crippen LogP) is 1.86. The van der Waals surface area contributed by atoms with Gasteiger partial charge in [0.15, 0.2) is 0 Å². The summed E-state index contributed by atoms with van der Waals surface area (Å²) in [4.78, 5) is 22.8. The Bertz CT molecular complexity index is 534. The van der Waals surface area contributed by atoms with Gasteiger partial charge in [-0.2, -0.15) is 5.26 Å². The van der Waals surface area contributed by atoms with E-state index in [0.29, 0.717) is 12.0 Å². The molecule has 1 unspecified atom stereocenters. The molecule has 112 valence electrons. The van der Waals surface area contributed by atoms with Gasteiger partial charge >= 0.3 is 12.0 Å². The molecule has 1 aromatic rings. The Morgan fingerprint density at radius 2 is 1.95 bits per heavy atom. The Hall–Kier alpha value is -2.55. The molecule has 0 aromatic heterocycles. The van der Waals surface area contributed by atoms with Crippen LogP contribution in [-0.4, -0.2) is 23.1 Å². The van der Waals surface area contributed by atoms with E-state index in [2.05, 4.69) is 10.6 Å². The van der Waals surface area contributed by atoms with Crippen LogP contribution in [0.25, 0.3) is 0 Å². The summed E-state index contributed by atoms with van der Waals surface area (Å²) in [6.45, 7) is 3.92. The molecule has 0 radical (unpaired) electrons. The SMILES string of the molecule is CCC(C)[C@H](NC(=O)NCc1ccc(C#N)cc1)C(=O)O. The summed E-state index contributed by atoms with van der Waals surface area (Å²) < 4.78 is 0. The van der Waals surface area contributed by atoms with Crippen molar-refractivity contribution in [3.63, 3.8) is 0 Å². The van der Waals surface area contributed by atoms with Gasteiger partial charge in [0.25, 0.3) is 0 Å². The molecule has 0 fully saturated rings. The standard InChI is InChI=1S/C15H19N3O3/c1-3-10(2)13(14(19)20)18-15(21)17-9-12-6-4-11(8-16)5-7-12/h4-7,10,13H,3,9H2,1-2H3,(H,19,20)(H2,17,18,21)/t10?,13-/m0/s1. The van der Waals surface area contributed by atoms with E-state index >= 15 is 0 Å². The fourth-order valence-corrected chi connectivity index (χ4v) is 1.75. The maximum atomic E-state index is 11.7. The number of carbonyl (C=O) groups excluding carboxylic acids is 1. The van der Waals surface area contributed by atoms with E-state index in [1.165, 1.54) is 0 Å². The topological polar surface area (TPSA) is 102 Å². The minimum atomic E-state index is -1.04. The van der Waals surface area contributed by atoms with Crippen LogP contribution in [0.1, 0.15) is 31.4 Å². The molecular formula is C15H19N3O3. The van der Waals surface area contributed by atoms with Crippen LogP contribution in [-0.2, 0) is 11.3 Å². The van der Waals surface area contributed by atoms with Crippen LogP contribution in [0.2, 0.25) is 0 Å². The first-order chi connectivity index (χ1) is 9.97. The van der Waals surface area contributed by atoms with Crippen molar-refractivity contribution in [1.82, 2.24) is 10.6 Å². The van der Waals surface area contributed by atoms with E-state index in [1.54, 1.807) is 31.2 Å². The number of aliphatic carboxylic acids is 1. The number of nitriles is 1. The van der Waals surface area contributed by atoms with Crippen LogP contribution in [0, 0.1) is 17.2 Å². The van der Waals surface area contributed by atoms with Gasteiger partial charge < -0.3 is 15.7 Å². The number of hydrogen-bond donors (Lipinski definition) is 3. The zero-order valence-electron chi connectivity index (χ0n) is 12.1. The largest absolute Gasteiger partial charge is 0.480 e. The molecular weight excluding hydrogens is 270 g/mol. The fourth-order valence-electron chi connectivity index (χ4n) is 1.75. The van der Waals surface area contributed by atoms with E-state index in [9.17, 15) is 9.59 Å². The van der Waals surface area contributed by atoms with Gasteiger partial charge in [-0.25, -0.2) is 9.59 Å². The second-order valence-corrected chi connectivity index (χ2v) is 4.84. The summed E-state index contributed by atoms with van der Waals surface area (Å²) in [5.41, 5.74) is 1.38. The van der Waals surface area contributed by atoms with E-state index in [4.69, 9.17) is 10.4 Å². The Morgan fingerprint density at radius 3 is 2.43 bits per heavy atom. The lowest BCUT2D eigenvalue weighted by atomic mass is 9.99. The molecule has 0 saturated carbocycles. The maximum Gasteiger partial charge on any atom is 0.326 e. The normalized spacial score (nSPS) is 12.8. The number of nitrogens with one attached hydrogen (secondary N) is 2. The highest BCUT2D eigenvalue weighted by Crippen LogP contribution is 2.08. The highest BCUT2D eigenvalue weighted by Gasteiger charge is 2.24. The fraction of sp³-hybridized carbons (Fsp3) is 0.400. The minimum Gasteiger partial charge on any atom is -0.480 e. The monoisotopic (exact) mass is 289 g/mol. The van der Waals surface area contributed by atoms with E-state index in [-0.39, 0.29) is 12.5 Å². The third-order valence-corrected chi connectivity index (χ3v) is 3.30. The number of hydrogen-bond acceptors (Lipinski definition) is 3. The van der Waals surface area contributed by atoms with E-state index in [0.717, 1.165) is 5.56 Å². The Morgan fingerprint density at radius 1 is 1.33 bits per heavy atom. The molecule has 3 N–H and O–H groups in total. The van der Waals surface area contributed by atoms with E-state index in [1.807, 2.05) is 13.0 Å². The van der Waals surface area contributed by atoms with Gasteiger partial charge in [-0.1, -0.05) is 32.4 Å². The number of carbonyl (C=O) groups is 2. The number of rotatable bonds is 6. The third-order valence-electron chi connectivity index (χ3n) is 3.30.